The number of ketones is 1. The summed E-state index contributed by atoms with van der Waals surface area (Å²) in [5.41, 5.74) is 3.49. The van der Waals surface area contributed by atoms with Gasteiger partial charge in [0.25, 0.3) is 0 Å². The Hall–Kier alpha value is -1.09. The summed E-state index contributed by atoms with van der Waals surface area (Å²) >= 11 is 0. The number of aryl methyl sites for hydroxylation is 1. The van der Waals surface area contributed by atoms with Gasteiger partial charge >= 0.3 is 0 Å². The Kier molecular flexibility index (Phi) is 3.48. The predicted molar refractivity (Wildman–Crippen MR) is 74.6 cm³/mol. The zero-order valence-corrected chi connectivity index (χ0v) is 11.9. The summed E-state index contributed by atoms with van der Waals surface area (Å²) in [6.07, 6.45) is 5.43. The molecule has 2 atom stereocenters. The van der Waals surface area contributed by atoms with Crippen LogP contribution in [0.2, 0.25) is 0 Å². The molecule has 0 saturated carbocycles. The molecule has 1 aliphatic carbocycles. The number of nitrogens with zero attached hydrogens (tertiary/aromatic N) is 1. The van der Waals surface area contributed by atoms with Gasteiger partial charge in [0.15, 0.2) is 5.78 Å². The molecule has 0 amide bonds. The highest BCUT2D eigenvalue weighted by Crippen LogP contribution is 2.30. The van der Waals surface area contributed by atoms with E-state index in [0.29, 0.717) is 17.8 Å². The van der Waals surface area contributed by atoms with Gasteiger partial charge in [-0.25, -0.2) is 0 Å². The summed E-state index contributed by atoms with van der Waals surface area (Å²) in [5.74, 6) is 0.940. The number of rotatable bonds is 3. The lowest BCUT2D eigenvalue weighted by atomic mass is 9.95. The van der Waals surface area contributed by atoms with Crippen molar-refractivity contribution in [3.63, 3.8) is 0 Å². The van der Waals surface area contributed by atoms with Crippen molar-refractivity contribution in [2.75, 3.05) is 6.61 Å². The fraction of sp³-hybridized carbons (Fsp3) is 0.688. The molecule has 3 rings (SSSR count). The molecule has 2 unspecified atom stereocenters. The highest BCUT2D eigenvalue weighted by atomic mass is 16.5. The molecular weight excluding hydrogens is 238 g/mol. The summed E-state index contributed by atoms with van der Waals surface area (Å²) in [7, 11) is 0. The molecule has 1 aromatic rings. The van der Waals surface area contributed by atoms with Gasteiger partial charge in [0.1, 0.15) is 0 Å². The van der Waals surface area contributed by atoms with Gasteiger partial charge in [-0.2, -0.15) is 0 Å². The third-order valence-corrected chi connectivity index (χ3v) is 4.70. The first kappa shape index (κ1) is 12.9. The lowest BCUT2D eigenvalue weighted by Gasteiger charge is -2.22. The van der Waals surface area contributed by atoms with Crippen molar-refractivity contribution in [1.29, 1.82) is 0 Å². The largest absolute Gasteiger partial charge is 0.378 e. The first-order chi connectivity index (χ1) is 9.20. The first-order valence-corrected chi connectivity index (χ1v) is 7.54. The molecule has 1 aromatic heterocycles. The molecule has 3 nitrogen and oxygen atoms in total. The molecule has 1 saturated heterocycles. The number of hydrogen-bond donors (Lipinski definition) is 0. The van der Waals surface area contributed by atoms with Crippen LogP contribution in [0.15, 0.2) is 6.07 Å². The molecule has 1 fully saturated rings. The molecule has 0 radical (unpaired) electrons. The van der Waals surface area contributed by atoms with Gasteiger partial charge in [-0.3, -0.25) is 4.79 Å². The van der Waals surface area contributed by atoms with E-state index in [4.69, 9.17) is 4.74 Å². The van der Waals surface area contributed by atoms with Crippen LogP contribution in [-0.2, 0) is 17.7 Å². The molecule has 19 heavy (non-hydrogen) atoms. The normalized spacial score (nSPS) is 26.7. The molecule has 0 bridgehead atoms. The summed E-state index contributed by atoms with van der Waals surface area (Å²) < 4.78 is 8.17. The maximum atomic E-state index is 12.0. The molecule has 2 heterocycles. The molecular formula is C16H23NO2. The van der Waals surface area contributed by atoms with E-state index in [1.807, 2.05) is 0 Å². The van der Waals surface area contributed by atoms with Gasteiger partial charge in [0.05, 0.1) is 6.10 Å². The van der Waals surface area contributed by atoms with Crippen LogP contribution in [0, 0.1) is 12.8 Å². The number of Topliss-reactive ketones (excluding diaryl/α,β-unsaturated/α-hetero) is 1. The van der Waals surface area contributed by atoms with E-state index in [9.17, 15) is 4.79 Å². The van der Waals surface area contributed by atoms with Gasteiger partial charge in [-0.05, 0) is 38.7 Å². The minimum atomic E-state index is 0.331. The Labute approximate surface area is 114 Å². The Balaban J connectivity index is 1.87. The molecule has 1 aliphatic heterocycles. The van der Waals surface area contributed by atoms with Gasteiger partial charge in [-0.15, -0.1) is 0 Å². The Bertz CT molecular complexity index is 489. The zero-order valence-electron chi connectivity index (χ0n) is 11.9. The molecule has 0 N–H and O–H groups in total. The SMILES string of the molecule is CCC1OCCC1Cn1c(C)cc2c1CCCC2=O. The fourth-order valence-electron chi connectivity index (χ4n) is 3.63. The standard InChI is InChI=1S/C16H23NO2/c1-3-16-12(7-8-19-16)10-17-11(2)9-13-14(17)5-4-6-15(13)18/h9,12,16H,3-8,10H2,1-2H3. The summed E-state index contributed by atoms with van der Waals surface area (Å²) in [5, 5.41) is 0. The molecule has 0 spiro atoms. The van der Waals surface area contributed by atoms with Crippen molar-refractivity contribution in [1.82, 2.24) is 4.57 Å². The fourth-order valence-corrected chi connectivity index (χ4v) is 3.63. The quantitative estimate of drug-likeness (QED) is 0.837. The molecule has 2 aliphatic rings. The molecule has 104 valence electrons. The van der Waals surface area contributed by atoms with E-state index in [1.165, 1.54) is 11.4 Å². The van der Waals surface area contributed by atoms with Crippen molar-refractivity contribution in [2.24, 2.45) is 5.92 Å². The Morgan fingerprint density at radius 3 is 3.05 bits per heavy atom. The lowest BCUT2D eigenvalue weighted by Crippen LogP contribution is -2.23. The third kappa shape index (κ3) is 2.25. The second-order valence-corrected chi connectivity index (χ2v) is 5.90. The van der Waals surface area contributed by atoms with Crippen LogP contribution in [0.25, 0.3) is 0 Å². The summed E-state index contributed by atoms with van der Waals surface area (Å²) in [6.45, 7) is 6.24. The number of hydrogen-bond acceptors (Lipinski definition) is 2. The topological polar surface area (TPSA) is 31.2 Å². The second kappa shape index (κ2) is 5.12. The Morgan fingerprint density at radius 1 is 1.42 bits per heavy atom. The van der Waals surface area contributed by atoms with Gasteiger partial charge < -0.3 is 9.30 Å². The number of ether oxygens (including phenoxy) is 1. The zero-order chi connectivity index (χ0) is 13.4. The van der Waals surface area contributed by atoms with Crippen molar-refractivity contribution in [3.05, 3.63) is 23.0 Å². The highest BCUT2D eigenvalue weighted by Gasteiger charge is 2.29. The Morgan fingerprint density at radius 2 is 2.26 bits per heavy atom. The van der Waals surface area contributed by atoms with Gasteiger partial charge in [-0.1, -0.05) is 6.92 Å². The van der Waals surface area contributed by atoms with Crippen LogP contribution in [-0.4, -0.2) is 23.1 Å². The van der Waals surface area contributed by atoms with Crippen LogP contribution in [0.4, 0.5) is 0 Å². The van der Waals surface area contributed by atoms with Crippen LogP contribution < -0.4 is 0 Å². The third-order valence-electron chi connectivity index (χ3n) is 4.70. The van der Waals surface area contributed by atoms with Gasteiger partial charge in [0.2, 0.25) is 0 Å². The van der Waals surface area contributed by atoms with Crippen LogP contribution in [0.1, 0.15) is 54.4 Å². The van der Waals surface area contributed by atoms with E-state index >= 15 is 0 Å². The van der Waals surface area contributed by atoms with Crippen molar-refractivity contribution >= 4 is 5.78 Å². The molecule has 3 heteroatoms. The van der Waals surface area contributed by atoms with Crippen LogP contribution in [0.5, 0.6) is 0 Å². The smallest absolute Gasteiger partial charge is 0.164 e. The highest BCUT2D eigenvalue weighted by molar-refractivity contribution is 5.98. The van der Waals surface area contributed by atoms with Crippen LogP contribution in [0.3, 0.4) is 0 Å². The summed E-state index contributed by atoms with van der Waals surface area (Å²) in [4.78, 5) is 12.0. The number of fused-ring (bicyclic) bond motifs is 1. The maximum Gasteiger partial charge on any atom is 0.164 e. The average Bonchev–Trinajstić information content (AvgIpc) is 2.97. The first-order valence-electron chi connectivity index (χ1n) is 7.54. The monoisotopic (exact) mass is 261 g/mol. The predicted octanol–water partition coefficient (Wildman–Crippen LogP) is 3.13. The maximum absolute atomic E-state index is 12.0. The molecule has 0 aromatic carbocycles. The lowest BCUT2D eigenvalue weighted by molar-refractivity contribution is 0.0831. The number of aromatic nitrogens is 1. The minimum Gasteiger partial charge on any atom is -0.378 e. The number of carbonyl (C=O) groups excluding carboxylic acids is 1. The number of carbonyl (C=O) groups is 1. The van der Waals surface area contributed by atoms with E-state index < -0.39 is 0 Å². The van der Waals surface area contributed by atoms with Crippen molar-refractivity contribution in [3.8, 4) is 0 Å². The minimum absolute atomic E-state index is 0.331. The van der Waals surface area contributed by atoms with Crippen LogP contribution >= 0.6 is 0 Å². The van der Waals surface area contributed by atoms with Crippen molar-refractivity contribution in [2.45, 2.75) is 58.6 Å². The second-order valence-electron chi connectivity index (χ2n) is 5.90. The van der Waals surface area contributed by atoms with E-state index in [-0.39, 0.29) is 0 Å². The average molecular weight is 261 g/mol. The van der Waals surface area contributed by atoms with Gasteiger partial charge in [0, 0.05) is 42.4 Å². The van der Waals surface area contributed by atoms with E-state index in [1.54, 1.807) is 0 Å². The van der Waals surface area contributed by atoms with E-state index in [2.05, 4.69) is 24.5 Å². The van der Waals surface area contributed by atoms with Crippen molar-refractivity contribution < 1.29 is 9.53 Å². The summed E-state index contributed by atoms with van der Waals surface area (Å²) in [6, 6.07) is 2.09. The van der Waals surface area contributed by atoms with E-state index in [0.717, 1.165) is 50.8 Å².